The van der Waals surface area contributed by atoms with Crippen LogP contribution in [0.25, 0.3) is 11.0 Å². The van der Waals surface area contributed by atoms with E-state index in [2.05, 4.69) is 21.2 Å². The molecule has 0 bridgehead atoms. The Morgan fingerprint density at radius 3 is 3.07 bits per heavy atom. The van der Waals surface area contributed by atoms with Crippen molar-refractivity contribution in [1.82, 2.24) is 5.32 Å². The highest BCUT2D eigenvalue weighted by molar-refractivity contribution is 9.10. The molecule has 0 aliphatic rings. The third-order valence-corrected chi connectivity index (χ3v) is 3.12. The van der Waals surface area contributed by atoms with E-state index in [9.17, 15) is 5.11 Å². The van der Waals surface area contributed by atoms with Crippen LogP contribution in [0.3, 0.4) is 0 Å². The third-order valence-electron chi connectivity index (χ3n) is 2.38. The average Bonchev–Trinajstić information content (AvgIpc) is 2.69. The molecule has 1 heterocycles. The minimum atomic E-state index is 0.271. The Kier molecular flexibility index (Phi) is 2.98. The van der Waals surface area contributed by atoms with Gasteiger partial charge in [-0.05, 0) is 53.6 Å². The number of fused-ring (bicyclic) bond motifs is 1. The molecule has 3 nitrogen and oxygen atoms in total. The smallest absolute Gasteiger partial charge is 0.151 e. The van der Waals surface area contributed by atoms with Gasteiger partial charge in [-0.2, -0.15) is 0 Å². The SMILES string of the molecule is CNCCc1cc2ccoc2c(Br)c1O. The molecule has 4 heteroatoms. The van der Waals surface area contributed by atoms with Crippen LogP contribution in [0.2, 0.25) is 0 Å². The molecule has 0 aliphatic heterocycles. The summed E-state index contributed by atoms with van der Waals surface area (Å²) < 4.78 is 5.90. The third kappa shape index (κ3) is 1.87. The zero-order valence-corrected chi connectivity index (χ0v) is 9.97. The van der Waals surface area contributed by atoms with Gasteiger partial charge in [0.15, 0.2) is 5.58 Å². The molecule has 0 saturated heterocycles. The Balaban J connectivity index is 2.50. The van der Waals surface area contributed by atoms with Crippen LogP contribution in [-0.4, -0.2) is 18.7 Å². The van der Waals surface area contributed by atoms with Gasteiger partial charge in [-0.1, -0.05) is 0 Å². The molecule has 0 aliphatic carbocycles. The molecule has 0 fully saturated rings. The Morgan fingerprint density at radius 2 is 2.33 bits per heavy atom. The van der Waals surface area contributed by atoms with Gasteiger partial charge in [0, 0.05) is 5.39 Å². The van der Waals surface area contributed by atoms with E-state index in [1.54, 1.807) is 6.26 Å². The maximum absolute atomic E-state index is 9.91. The van der Waals surface area contributed by atoms with Crippen molar-refractivity contribution in [2.24, 2.45) is 0 Å². The second-order valence-electron chi connectivity index (χ2n) is 3.39. The molecular weight excluding hydrogens is 258 g/mol. The van der Waals surface area contributed by atoms with Crippen molar-refractivity contribution >= 4 is 26.9 Å². The van der Waals surface area contributed by atoms with Gasteiger partial charge < -0.3 is 14.8 Å². The van der Waals surface area contributed by atoms with E-state index < -0.39 is 0 Å². The summed E-state index contributed by atoms with van der Waals surface area (Å²) in [6.07, 6.45) is 2.42. The number of hydrogen-bond donors (Lipinski definition) is 2. The van der Waals surface area contributed by atoms with Crippen LogP contribution in [0.15, 0.2) is 27.3 Å². The van der Waals surface area contributed by atoms with Gasteiger partial charge in [-0.3, -0.25) is 0 Å². The summed E-state index contributed by atoms with van der Waals surface area (Å²) in [5.41, 5.74) is 1.62. The summed E-state index contributed by atoms with van der Waals surface area (Å²) >= 11 is 3.34. The molecule has 1 aromatic carbocycles. The highest BCUT2D eigenvalue weighted by Gasteiger charge is 2.12. The molecule has 2 rings (SSSR count). The van der Waals surface area contributed by atoms with E-state index >= 15 is 0 Å². The van der Waals surface area contributed by atoms with Crippen molar-refractivity contribution in [2.45, 2.75) is 6.42 Å². The molecule has 0 amide bonds. The summed E-state index contributed by atoms with van der Waals surface area (Å²) in [6, 6.07) is 3.85. The number of phenolic OH excluding ortho intramolecular Hbond substituents is 1. The summed E-state index contributed by atoms with van der Waals surface area (Å²) in [5, 5.41) is 14.0. The first-order valence-electron chi connectivity index (χ1n) is 4.76. The Hall–Kier alpha value is -1.00. The summed E-state index contributed by atoms with van der Waals surface area (Å²) in [5.74, 6) is 0.271. The lowest BCUT2D eigenvalue weighted by molar-refractivity contribution is 0.463. The van der Waals surface area contributed by atoms with Gasteiger partial charge in [0.05, 0.1) is 6.26 Å². The van der Waals surface area contributed by atoms with Crippen molar-refractivity contribution in [3.63, 3.8) is 0 Å². The van der Waals surface area contributed by atoms with Crippen LogP contribution in [0.1, 0.15) is 5.56 Å². The van der Waals surface area contributed by atoms with E-state index in [1.807, 2.05) is 19.2 Å². The molecule has 2 N–H and O–H groups in total. The molecule has 0 saturated carbocycles. The van der Waals surface area contributed by atoms with Crippen molar-refractivity contribution in [2.75, 3.05) is 13.6 Å². The van der Waals surface area contributed by atoms with Gasteiger partial charge in [-0.25, -0.2) is 0 Å². The van der Waals surface area contributed by atoms with Crippen LogP contribution in [0, 0.1) is 0 Å². The van der Waals surface area contributed by atoms with Gasteiger partial charge in [0.1, 0.15) is 10.2 Å². The molecular formula is C11H12BrNO2. The van der Waals surface area contributed by atoms with Crippen molar-refractivity contribution in [3.05, 3.63) is 28.4 Å². The Labute approximate surface area is 96.2 Å². The topological polar surface area (TPSA) is 45.4 Å². The monoisotopic (exact) mass is 269 g/mol. The molecule has 15 heavy (non-hydrogen) atoms. The van der Waals surface area contributed by atoms with Gasteiger partial charge >= 0.3 is 0 Å². The standard InChI is InChI=1S/C11H12BrNO2/c1-13-4-2-7-6-8-3-5-15-11(8)9(12)10(7)14/h3,5-6,13-14H,2,4H2,1H3. The van der Waals surface area contributed by atoms with Crippen LogP contribution in [0.5, 0.6) is 5.75 Å². The fraction of sp³-hybridized carbons (Fsp3) is 0.273. The summed E-state index contributed by atoms with van der Waals surface area (Å²) in [7, 11) is 1.89. The average molecular weight is 270 g/mol. The molecule has 0 atom stereocenters. The molecule has 80 valence electrons. The first kappa shape index (κ1) is 10.5. The van der Waals surface area contributed by atoms with E-state index in [4.69, 9.17) is 4.42 Å². The lowest BCUT2D eigenvalue weighted by Crippen LogP contribution is -2.10. The number of furan rings is 1. The van der Waals surface area contributed by atoms with E-state index in [0.717, 1.165) is 23.9 Å². The van der Waals surface area contributed by atoms with Crippen LogP contribution >= 0.6 is 15.9 Å². The normalized spacial score (nSPS) is 11.1. The first-order valence-corrected chi connectivity index (χ1v) is 5.55. The number of likely N-dealkylation sites (N-methyl/N-ethyl adjacent to an activating group) is 1. The Morgan fingerprint density at radius 1 is 1.53 bits per heavy atom. The van der Waals surface area contributed by atoms with Crippen molar-refractivity contribution < 1.29 is 9.52 Å². The largest absolute Gasteiger partial charge is 0.506 e. The maximum Gasteiger partial charge on any atom is 0.151 e. The predicted molar refractivity (Wildman–Crippen MR) is 63.2 cm³/mol. The number of phenols is 1. The molecule has 1 aromatic heterocycles. The highest BCUT2D eigenvalue weighted by Crippen LogP contribution is 2.36. The molecule has 0 spiro atoms. The number of aromatic hydroxyl groups is 1. The number of rotatable bonds is 3. The first-order chi connectivity index (χ1) is 7.24. The lowest BCUT2D eigenvalue weighted by Gasteiger charge is -2.06. The van der Waals surface area contributed by atoms with E-state index in [0.29, 0.717) is 10.1 Å². The second-order valence-corrected chi connectivity index (χ2v) is 4.18. The van der Waals surface area contributed by atoms with Gasteiger partial charge in [0.25, 0.3) is 0 Å². The molecule has 0 unspecified atom stereocenters. The van der Waals surface area contributed by atoms with E-state index in [1.165, 1.54) is 0 Å². The van der Waals surface area contributed by atoms with Crippen LogP contribution < -0.4 is 5.32 Å². The molecule has 0 radical (unpaired) electrons. The van der Waals surface area contributed by atoms with Crippen molar-refractivity contribution in [1.29, 1.82) is 0 Å². The van der Waals surface area contributed by atoms with Gasteiger partial charge in [-0.15, -0.1) is 0 Å². The lowest BCUT2D eigenvalue weighted by atomic mass is 10.1. The highest BCUT2D eigenvalue weighted by atomic mass is 79.9. The fourth-order valence-electron chi connectivity index (χ4n) is 1.57. The quantitative estimate of drug-likeness (QED) is 0.901. The predicted octanol–water partition coefficient (Wildman–Crippen LogP) is 2.66. The number of benzene rings is 1. The minimum Gasteiger partial charge on any atom is -0.506 e. The number of nitrogens with one attached hydrogen (secondary N) is 1. The number of halogens is 1. The summed E-state index contributed by atoms with van der Waals surface area (Å²) in [6.45, 7) is 0.837. The van der Waals surface area contributed by atoms with Gasteiger partial charge in [0.2, 0.25) is 0 Å². The maximum atomic E-state index is 9.91. The molecule has 2 aromatic rings. The van der Waals surface area contributed by atoms with Crippen LogP contribution in [0.4, 0.5) is 0 Å². The Bertz CT molecular complexity index is 479. The van der Waals surface area contributed by atoms with Crippen LogP contribution in [-0.2, 0) is 6.42 Å². The number of hydrogen-bond acceptors (Lipinski definition) is 3. The zero-order valence-electron chi connectivity index (χ0n) is 8.38. The summed E-state index contributed by atoms with van der Waals surface area (Å²) in [4.78, 5) is 0. The van der Waals surface area contributed by atoms with E-state index in [-0.39, 0.29) is 5.75 Å². The fourth-order valence-corrected chi connectivity index (χ4v) is 2.14. The van der Waals surface area contributed by atoms with Crippen molar-refractivity contribution in [3.8, 4) is 5.75 Å². The second kappa shape index (κ2) is 4.24. The minimum absolute atomic E-state index is 0.271. The zero-order chi connectivity index (χ0) is 10.8.